The van der Waals surface area contributed by atoms with Crippen LogP contribution in [0.25, 0.3) is 10.9 Å². The van der Waals surface area contributed by atoms with Crippen LogP contribution >= 0.6 is 0 Å². The number of ether oxygens (including phenoxy) is 2. The molecule has 0 radical (unpaired) electrons. The first-order chi connectivity index (χ1) is 10.6. The van der Waals surface area contributed by atoms with Gasteiger partial charge in [-0.3, -0.25) is 4.79 Å². The molecule has 1 fully saturated rings. The van der Waals surface area contributed by atoms with E-state index in [9.17, 15) is 9.59 Å². The van der Waals surface area contributed by atoms with E-state index in [1.54, 1.807) is 18.2 Å². The van der Waals surface area contributed by atoms with E-state index in [4.69, 9.17) is 9.47 Å². The van der Waals surface area contributed by atoms with E-state index in [2.05, 4.69) is 10.3 Å². The third-order valence-electron chi connectivity index (χ3n) is 3.60. The minimum absolute atomic E-state index is 0.160. The summed E-state index contributed by atoms with van der Waals surface area (Å²) in [6.07, 6.45) is 2.38. The number of amides is 1. The highest BCUT2D eigenvalue weighted by molar-refractivity contribution is 6.00. The lowest BCUT2D eigenvalue weighted by atomic mass is 10.2. The Labute approximate surface area is 127 Å². The number of nitrogens with one attached hydrogen (secondary N) is 2. The summed E-state index contributed by atoms with van der Waals surface area (Å²) in [5.41, 5.74) is 1.70. The van der Waals surface area contributed by atoms with Gasteiger partial charge in [0.15, 0.2) is 0 Å². The van der Waals surface area contributed by atoms with Crippen molar-refractivity contribution < 1.29 is 19.1 Å². The van der Waals surface area contributed by atoms with Crippen molar-refractivity contribution in [1.82, 2.24) is 4.98 Å². The van der Waals surface area contributed by atoms with E-state index in [0.29, 0.717) is 29.7 Å². The Balaban J connectivity index is 1.99. The van der Waals surface area contributed by atoms with Gasteiger partial charge in [0.2, 0.25) is 5.91 Å². The number of carbonyl (C=O) groups excluding carboxylic acids is 2. The van der Waals surface area contributed by atoms with E-state index >= 15 is 0 Å². The maximum absolute atomic E-state index is 11.7. The standard InChI is InChI=1S/C16H18N2O4/c1-9(19)17-11-5-13-12(7-14(18-13)16(20)21-2)15(6-11)22-8-10-3-4-10/h5-7,10,18H,3-4,8H2,1-2H3,(H,17,19). The molecule has 116 valence electrons. The monoisotopic (exact) mass is 302 g/mol. The maximum atomic E-state index is 11.7. The van der Waals surface area contributed by atoms with Crippen molar-refractivity contribution in [2.24, 2.45) is 5.92 Å². The van der Waals surface area contributed by atoms with Crippen LogP contribution in [0.4, 0.5) is 5.69 Å². The molecule has 1 heterocycles. The summed E-state index contributed by atoms with van der Waals surface area (Å²) in [6.45, 7) is 2.10. The van der Waals surface area contributed by atoms with Gasteiger partial charge in [0.05, 0.1) is 19.2 Å². The van der Waals surface area contributed by atoms with Gasteiger partial charge in [-0.15, -0.1) is 0 Å². The van der Waals surface area contributed by atoms with Crippen molar-refractivity contribution in [3.8, 4) is 5.75 Å². The quantitative estimate of drug-likeness (QED) is 0.832. The third kappa shape index (κ3) is 3.05. The lowest BCUT2D eigenvalue weighted by Gasteiger charge is -2.09. The Bertz CT molecular complexity index is 731. The van der Waals surface area contributed by atoms with Crippen LogP contribution in [0.1, 0.15) is 30.3 Å². The number of anilines is 1. The van der Waals surface area contributed by atoms with Gasteiger partial charge in [-0.2, -0.15) is 0 Å². The summed E-state index contributed by atoms with van der Waals surface area (Å²) < 4.78 is 10.6. The van der Waals surface area contributed by atoms with E-state index in [1.807, 2.05) is 0 Å². The Hall–Kier alpha value is -2.50. The molecule has 0 aliphatic heterocycles. The molecule has 0 bridgehead atoms. The summed E-state index contributed by atoms with van der Waals surface area (Å²) in [5, 5.41) is 3.54. The summed E-state index contributed by atoms with van der Waals surface area (Å²) in [7, 11) is 1.33. The number of hydrogen-bond donors (Lipinski definition) is 2. The molecule has 6 nitrogen and oxygen atoms in total. The van der Waals surface area contributed by atoms with Crippen LogP contribution in [0.5, 0.6) is 5.75 Å². The molecule has 1 aromatic heterocycles. The van der Waals surface area contributed by atoms with Crippen molar-refractivity contribution in [1.29, 1.82) is 0 Å². The molecule has 1 amide bonds. The van der Waals surface area contributed by atoms with Crippen molar-refractivity contribution in [3.05, 3.63) is 23.9 Å². The van der Waals surface area contributed by atoms with E-state index in [0.717, 1.165) is 10.9 Å². The highest BCUT2D eigenvalue weighted by Crippen LogP contribution is 2.34. The predicted molar refractivity (Wildman–Crippen MR) is 82.2 cm³/mol. The third-order valence-corrected chi connectivity index (χ3v) is 3.60. The van der Waals surface area contributed by atoms with Crippen LogP contribution in [-0.4, -0.2) is 30.6 Å². The number of aromatic nitrogens is 1. The summed E-state index contributed by atoms with van der Waals surface area (Å²) in [5.74, 6) is 0.663. The molecular weight excluding hydrogens is 284 g/mol. The number of esters is 1. The Morgan fingerprint density at radius 2 is 2.09 bits per heavy atom. The molecule has 6 heteroatoms. The molecule has 1 aliphatic carbocycles. The zero-order valence-electron chi connectivity index (χ0n) is 12.6. The Kier molecular flexibility index (Phi) is 3.75. The van der Waals surface area contributed by atoms with Crippen LogP contribution in [0.3, 0.4) is 0 Å². The fourth-order valence-electron chi connectivity index (χ4n) is 2.31. The van der Waals surface area contributed by atoms with Crippen molar-refractivity contribution >= 4 is 28.5 Å². The molecule has 1 aromatic carbocycles. The van der Waals surface area contributed by atoms with Gasteiger partial charge in [-0.1, -0.05) is 0 Å². The lowest BCUT2D eigenvalue weighted by molar-refractivity contribution is -0.114. The molecular formula is C16H18N2O4. The first kappa shape index (κ1) is 14.4. The van der Waals surface area contributed by atoms with Crippen LogP contribution in [0.2, 0.25) is 0 Å². The smallest absolute Gasteiger partial charge is 0.354 e. The van der Waals surface area contributed by atoms with Crippen LogP contribution in [0, 0.1) is 5.92 Å². The highest BCUT2D eigenvalue weighted by atomic mass is 16.5. The largest absolute Gasteiger partial charge is 0.493 e. The minimum atomic E-state index is -0.439. The SMILES string of the molecule is COC(=O)c1cc2c(OCC3CC3)cc(NC(C)=O)cc2[nH]1. The fraction of sp³-hybridized carbons (Fsp3) is 0.375. The number of hydrogen-bond acceptors (Lipinski definition) is 4. The second kappa shape index (κ2) is 5.71. The average Bonchev–Trinajstić information content (AvgIpc) is 3.20. The number of H-pyrrole nitrogens is 1. The molecule has 0 saturated heterocycles. The van der Waals surface area contributed by atoms with Gasteiger partial charge in [0, 0.05) is 24.1 Å². The predicted octanol–water partition coefficient (Wildman–Crippen LogP) is 2.70. The fourth-order valence-corrected chi connectivity index (χ4v) is 2.31. The van der Waals surface area contributed by atoms with Crippen molar-refractivity contribution in [2.45, 2.75) is 19.8 Å². The summed E-state index contributed by atoms with van der Waals surface area (Å²) >= 11 is 0. The van der Waals surface area contributed by atoms with Gasteiger partial charge in [0.25, 0.3) is 0 Å². The maximum Gasteiger partial charge on any atom is 0.354 e. The van der Waals surface area contributed by atoms with Crippen LogP contribution < -0.4 is 10.1 Å². The molecule has 1 aliphatic rings. The molecule has 0 unspecified atom stereocenters. The normalized spacial score (nSPS) is 13.9. The van der Waals surface area contributed by atoms with Gasteiger partial charge in [0.1, 0.15) is 11.4 Å². The second-order valence-corrected chi connectivity index (χ2v) is 5.55. The van der Waals surface area contributed by atoms with Crippen LogP contribution in [-0.2, 0) is 9.53 Å². The highest BCUT2D eigenvalue weighted by Gasteiger charge is 2.23. The molecule has 2 aromatic rings. The summed E-state index contributed by atoms with van der Waals surface area (Å²) in [6, 6.07) is 5.26. The summed E-state index contributed by atoms with van der Waals surface area (Å²) in [4.78, 5) is 25.9. The molecule has 2 N–H and O–H groups in total. The number of rotatable bonds is 5. The lowest BCUT2D eigenvalue weighted by Crippen LogP contribution is -2.06. The second-order valence-electron chi connectivity index (χ2n) is 5.55. The van der Waals surface area contributed by atoms with Gasteiger partial charge in [-0.25, -0.2) is 4.79 Å². The van der Waals surface area contributed by atoms with E-state index in [1.165, 1.54) is 26.9 Å². The van der Waals surface area contributed by atoms with Gasteiger partial charge < -0.3 is 19.8 Å². The molecule has 0 atom stereocenters. The minimum Gasteiger partial charge on any atom is -0.493 e. The number of methoxy groups -OCH3 is 1. The average molecular weight is 302 g/mol. The van der Waals surface area contributed by atoms with Crippen molar-refractivity contribution in [3.63, 3.8) is 0 Å². The van der Waals surface area contributed by atoms with Crippen molar-refractivity contribution in [2.75, 3.05) is 19.0 Å². The number of fused-ring (bicyclic) bond motifs is 1. The topological polar surface area (TPSA) is 80.4 Å². The molecule has 0 spiro atoms. The van der Waals surface area contributed by atoms with E-state index in [-0.39, 0.29) is 5.91 Å². The first-order valence-corrected chi connectivity index (χ1v) is 7.22. The zero-order valence-corrected chi connectivity index (χ0v) is 12.6. The van der Waals surface area contributed by atoms with Gasteiger partial charge >= 0.3 is 5.97 Å². The molecule has 3 rings (SSSR count). The first-order valence-electron chi connectivity index (χ1n) is 7.22. The Morgan fingerprint density at radius 1 is 1.32 bits per heavy atom. The number of carbonyl (C=O) groups is 2. The number of aromatic amines is 1. The van der Waals surface area contributed by atoms with Gasteiger partial charge in [-0.05, 0) is 30.9 Å². The Morgan fingerprint density at radius 3 is 2.73 bits per heavy atom. The molecule has 1 saturated carbocycles. The molecule has 22 heavy (non-hydrogen) atoms. The number of benzene rings is 1. The van der Waals surface area contributed by atoms with E-state index < -0.39 is 5.97 Å². The zero-order chi connectivity index (χ0) is 15.7. The van der Waals surface area contributed by atoms with Crippen LogP contribution in [0.15, 0.2) is 18.2 Å².